The standard InChI is InChI=1S/C8H19NO2/c1-7(2)5-11-8(4-9)6-10-3/h7-8H,4-6,9H2,1-3H3. The van der Waals surface area contributed by atoms with Gasteiger partial charge in [0.25, 0.3) is 0 Å². The third kappa shape index (κ3) is 6.28. The van der Waals surface area contributed by atoms with E-state index in [0.29, 0.717) is 19.1 Å². The summed E-state index contributed by atoms with van der Waals surface area (Å²) in [5.74, 6) is 0.556. The highest BCUT2D eigenvalue weighted by molar-refractivity contribution is 4.56. The van der Waals surface area contributed by atoms with E-state index in [4.69, 9.17) is 15.2 Å². The first-order valence-electron chi connectivity index (χ1n) is 4.01. The van der Waals surface area contributed by atoms with Gasteiger partial charge in [-0.25, -0.2) is 0 Å². The third-order valence-electron chi connectivity index (χ3n) is 1.28. The van der Waals surface area contributed by atoms with Crippen molar-refractivity contribution in [1.82, 2.24) is 0 Å². The Morgan fingerprint density at radius 1 is 1.27 bits per heavy atom. The van der Waals surface area contributed by atoms with Crippen molar-refractivity contribution in [2.24, 2.45) is 11.7 Å². The summed E-state index contributed by atoms with van der Waals surface area (Å²) >= 11 is 0. The van der Waals surface area contributed by atoms with Gasteiger partial charge in [0, 0.05) is 20.3 Å². The lowest BCUT2D eigenvalue weighted by atomic mass is 10.2. The molecule has 68 valence electrons. The Morgan fingerprint density at radius 2 is 1.91 bits per heavy atom. The van der Waals surface area contributed by atoms with Crippen molar-refractivity contribution in [3.8, 4) is 0 Å². The lowest BCUT2D eigenvalue weighted by Gasteiger charge is -2.16. The zero-order chi connectivity index (χ0) is 8.69. The lowest BCUT2D eigenvalue weighted by molar-refractivity contribution is -0.00736. The van der Waals surface area contributed by atoms with Gasteiger partial charge in [-0.3, -0.25) is 0 Å². The van der Waals surface area contributed by atoms with Crippen LogP contribution >= 0.6 is 0 Å². The minimum Gasteiger partial charge on any atom is -0.382 e. The molecule has 3 nitrogen and oxygen atoms in total. The summed E-state index contributed by atoms with van der Waals surface area (Å²) in [6, 6.07) is 0. The molecule has 0 radical (unpaired) electrons. The van der Waals surface area contributed by atoms with E-state index in [9.17, 15) is 0 Å². The van der Waals surface area contributed by atoms with Crippen molar-refractivity contribution < 1.29 is 9.47 Å². The first-order valence-corrected chi connectivity index (χ1v) is 4.01. The summed E-state index contributed by atoms with van der Waals surface area (Å²) in [6.45, 7) is 6.09. The molecule has 0 heterocycles. The van der Waals surface area contributed by atoms with Gasteiger partial charge in [0.2, 0.25) is 0 Å². The Hall–Kier alpha value is -0.120. The molecule has 0 aliphatic rings. The van der Waals surface area contributed by atoms with Gasteiger partial charge in [-0.15, -0.1) is 0 Å². The molecule has 1 unspecified atom stereocenters. The molecule has 0 rings (SSSR count). The summed E-state index contributed by atoms with van der Waals surface area (Å²) in [5, 5.41) is 0. The first kappa shape index (κ1) is 10.9. The monoisotopic (exact) mass is 161 g/mol. The molecule has 0 spiro atoms. The highest BCUT2D eigenvalue weighted by Crippen LogP contribution is 1.97. The fraction of sp³-hybridized carbons (Fsp3) is 1.00. The Balaban J connectivity index is 3.35. The van der Waals surface area contributed by atoms with Gasteiger partial charge >= 0.3 is 0 Å². The van der Waals surface area contributed by atoms with E-state index in [2.05, 4.69) is 13.8 Å². The molecule has 0 aromatic heterocycles. The summed E-state index contributed by atoms with van der Waals surface area (Å²) in [5.41, 5.74) is 5.44. The topological polar surface area (TPSA) is 44.5 Å². The molecule has 11 heavy (non-hydrogen) atoms. The highest BCUT2D eigenvalue weighted by atomic mass is 16.5. The molecule has 0 saturated carbocycles. The van der Waals surface area contributed by atoms with Crippen LogP contribution in [0, 0.1) is 5.92 Å². The summed E-state index contributed by atoms with van der Waals surface area (Å²) in [6.07, 6.45) is 0.0578. The Morgan fingerprint density at radius 3 is 2.27 bits per heavy atom. The van der Waals surface area contributed by atoms with E-state index in [-0.39, 0.29) is 6.10 Å². The van der Waals surface area contributed by atoms with Crippen LogP contribution in [0.3, 0.4) is 0 Å². The van der Waals surface area contributed by atoms with Gasteiger partial charge in [0.15, 0.2) is 0 Å². The predicted octanol–water partition coefficient (Wildman–Crippen LogP) is 0.633. The number of hydrogen-bond donors (Lipinski definition) is 1. The quantitative estimate of drug-likeness (QED) is 0.621. The molecule has 0 aliphatic heterocycles. The first-order chi connectivity index (χ1) is 5.20. The number of nitrogens with two attached hydrogens (primary N) is 1. The Labute approximate surface area is 68.9 Å². The fourth-order valence-corrected chi connectivity index (χ4v) is 0.699. The van der Waals surface area contributed by atoms with Crippen LogP contribution in [0.2, 0.25) is 0 Å². The largest absolute Gasteiger partial charge is 0.382 e. The summed E-state index contributed by atoms with van der Waals surface area (Å²) in [4.78, 5) is 0. The van der Waals surface area contributed by atoms with Crippen molar-refractivity contribution in [2.45, 2.75) is 20.0 Å². The van der Waals surface area contributed by atoms with Gasteiger partial charge in [0.05, 0.1) is 12.7 Å². The van der Waals surface area contributed by atoms with Crippen LogP contribution < -0.4 is 5.73 Å². The van der Waals surface area contributed by atoms with Gasteiger partial charge in [-0.1, -0.05) is 13.8 Å². The fourth-order valence-electron chi connectivity index (χ4n) is 0.699. The van der Waals surface area contributed by atoms with Crippen molar-refractivity contribution in [1.29, 1.82) is 0 Å². The number of methoxy groups -OCH3 is 1. The average Bonchev–Trinajstić information content (AvgIpc) is 1.97. The maximum atomic E-state index is 5.44. The second kappa shape index (κ2) is 6.58. The van der Waals surface area contributed by atoms with E-state index in [1.165, 1.54) is 0 Å². The van der Waals surface area contributed by atoms with Crippen LogP contribution in [0.5, 0.6) is 0 Å². The second-order valence-electron chi connectivity index (χ2n) is 3.04. The Kier molecular flexibility index (Phi) is 6.51. The molecule has 2 N–H and O–H groups in total. The average molecular weight is 161 g/mol. The highest BCUT2D eigenvalue weighted by Gasteiger charge is 2.06. The zero-order valence-corrected chi connectivity index (χ0v) is 7.67. The maximum absolute atomic E-state index is 5.44. The molecule has 0 bridgehead atoms. The van der Waals surface area contributed by atoms with Crippen molar-refractivity contribution in [2.75, 3.05) is 26.9 Å². The third-order valence-corrected chi connectivity index (χ3v) is 1.28. The second-order valence-corrected chi connectivity index (χ2v) is 3.04. The van der Waals surface area contributed by atoms with Crippen LogP contribution in [-0.4, -0.2) is 33.0 Å². The molecule has 0 fully saturated rings. The molecule has 0 amide bonds. The molecule has 0 saturated heterocycles. The van der Waals surface area contributed by atoms with E-state index in [1.54, 1.807) is 7.11 Å². The Bertz CT molecular complexity index is 86.2. The molecule has 0 aliphatic carbocycles. The van der Waals surface area contributed by atoms with Gasteiger partial charge in [-0.2, -0.15) is 0 Å². The summed E-state index contributed by atoms with van der Waals surface area (Å²) in [7, 11) is 1.65. The van der Waals surface area contributed by atoms with Gasteiger partial charge in [-0.05, 0) is 5.92 Å². The van der Waals surface area contributed by atoms with Gasteiger partial charge in [0.1, 0.15) is 0 Å². The lowest BCUT2D eigenvalue weighted by Crippen LogP contribution is -2.29. The van der Waals surface area contributed by atoms with Crippen molar-refractivity contribution in [3.63, 3.8) is 0 Å². The van der Waals surface area contributed by atoms with Crippen molar-refractivity contribution >= 4 is 0 Å². The minimum absolute atomic E-state index is 0.0578. The number of hydrogen-bond acceptors (Lipinski definition) is 3. The van der Waals surface area contributed by atoms with Crippen LogP contribution in [0.15, 0.2) is 0 Å². The molecular weight excluding hydrogens is 142 g/mol. The number of rotatable bonds is 6. The van der Waals surface area contributed by atoms with Crippen LogP contribution in [0.4, 0.5) is 0 Å². The summed E-state index contributed by atoms with van der Waals surface area (Å²) < 4.78 is 10.4. The van der Waals surface area contributed by atoms with E-state index < -0.39 is 0 Å². The molecule has 0 aromatic rings. The van der Waals surface area contributed by atoms with Crippen LogP contribution in [-0.2, 0) is 9.47 Å². The van der Waals surface area contributed by atoms with Crippen LogP contribution in [0.1, 0.15) is 13.8 Å². The van der Waals surface area contributed by atoms with E-state index in [1.807, 2.05) is 0 Å². The maximum Gasteiger partial charge on any atom is 0.0930 e. The number of ether oxygens (including phenoxy) is 2. The van der Waals surface area contributed by atoms with E-state index in [0.717, 1.165) is 6.61 Å². The predicted molar refractivity (Wildman–Crippen MR) is 45.5 cm³/mol. The molecule has 0 aromatic carbocycles. The van der Waals surface area contributed by atoms with E-state index >= 15 is 0 Å². The SMILES string of the molecule is COCC(CN)OCC(C)C. The zero-order valence-electron chi connectivity index (χ0n) is 7.67. The molecular formula is C8H19NO2. The van der Waals surface area contributed by atoms with Crippen molar-refractivity contribution in [3.05, 3.63) is 0 Å². The van der Waals surface area contributed by atoms with Crippen LogP contribution in [0.25, 0.3) is 0 Å². The molecule has 3 heteroatoms. The normalized spacial score (nSPS) is 13.9. The smallest absolute Gasteiger partial charge is 0.0930 e. The van der Waals surface area contributed by atoms with Gasteiger partial charge < -0.3 is 15.2 Å². The molecule has 1 atom stereocenters. The minimum atomic E-state index is 0.0578.